The Bertz CT molecular complexity index is 1060. The van der Waals surface area contributed by atoms with Crippen molar-refractivity contribution in [3.63, 3.8) is 0 Å². The third-order valence-electron chi connectivity index (χ3n) is 4.23. The van der Waals surface area contributed by atoms with Gasteiger partial charge in [-0.2, -0.15) is 0 Å². The Balaban J connectivity index is 1.48. The van der Waals surface area contributed by atoms with E-state index >= 15 is 0 Å². The third-order valence-corrected chi connectivity index (χ3v) is 5.70. The third kappa shape index (κ3) is 6.10. The van der Waals surface area contributed by atoms with Gasteiger partial charge in [0, 0.05) is 28.7 Å². The van der Waals surface area contributed by atoms with Crippen LogP contribution in [0.2, 0.25) is 10.0 Å². The zero-order valence-corrected chi connectivity index (χ0v) is 18.4. The van der Waals surface area contributed by atoms with Crippen molar-refractivity contribution < 1.29 is 19.2 Å². The molecule has 31 heavy (non-hydrogen) atoms. The van der Waals surface area contributed by atoms with E-state index in [9.17, 15) is 19.2 Å². The van der Waals surface area contributed by atoms with Crippen LogP contribution in [-0.4, -0.2) is 47.5 Å². The molecule has 0 aliphatic carbocycles. The molecule has 1 heterocycles. The molecule has 0 spiro atoms. The molecular formula is C21H17Cl2N3O4S. The summed E-state index contributed by atoms with van der Waals surface area (Å²) >= 11 is 12.8. The van der Waals surface area contributed by atoms with Crippen molar-refractivity contribution >= 4 is 64.0 Å². The first-order chi connectivity index (χ1) is 14.8. The van der Waals surface area contributed by atoms with E-state index in [-0.39, 0.29) is 30.4 Å². The van der Waals surface area contributed by atoms with Gasteiger partial charge < -0.3 is 10.6 Å². The zero-order chi connectivity index (χ0) is 22.4. The standard InChI is InChI=1S/C21H17Cl2N3O4S/c22-15-7-6-14(16(23)11-15)10-17-20(29)26(21(30)31-17)9-8-24-18(27)12-25-19(28)13-4-2-1-3-5-13/h1-7,10-11H,8-9,12H2,(H,24,27)(H,25,28). The summed E-state index contributed by atoms with van der Waals surface area (Å²) in [4.78, 5) is 49.8. The van der Waals surface area contributed by atoms with Crippen LogP contribution in [-0.2, 0) is 9.59 Å². The molecular weight excluding hydrogens is 461 g/mol. The fraction of sp³-hybridized carbons (Fsp3) is 0.143. The number of rotatable bonds is 7. The van der Waals surface area contributed by atoms with E-state index in [1.807, 2.05) is 0 Å². The summed E-state index contributed by atoms with van der Waals surface area (Å²) in [5.74, 6) is -1.26. The quantitative estimate of drug-likeness (QED) is 0.594. The van der Waals surface area contributed by atoms with Gasteiger partial charge in [-0.1, -0.05) is 47.5 Å². The number of halogens is 2. The Morgan fingerprint density at radius 3 is 2.48 bits per heavy atom. The van der Waals surface area contributed by atoms with Gasteiger partial charge in [-0.05, 0) is 47.7 Å². The molecule has 4 amide bonds. The van der Waals surface area contributed by atoms with Gasteiger partial charge in [0.15, 0.2) is 0 Å². The average molecular weight is 478 g/mol. The number of benzene rings is 2. The van der Waals surface area contributed by atoms with Crippen molar-refractivity contribution in [2.45, 2.75) is 0 Å². The highest BCUT2D eigenvalue weighted by Gasteiger charge is 2.34. The summed E-state index contributed by atoms with van der Waals surface area (Å²) in [6.45, 7) is -0.146. The predicted molar refractivity (Wildman–Crippen MR) is 121 cm³/mol. The molecule has 3 rings (SSSR count). The molecule has 10 heteroatoms. The van der Waals surface area contributed by atoms with Gasteiger partial charge in [-0.15, -0.1) is 0 Å². The van der Waals surface area contributed by atoms with Crippen LogP contribution >= 0.6 is 35.0 Å². The van der Waals surface area contributed by atoms with Crippen LogP contribution in [0, 0.1) is 0 Å². The van der Waals surface area contributed by atoms with Crippen LogP contribution < -0.4 is 10.6 Å². The lowest BCUT2D eigenvalue weighted by Crippen LogP contribution is -2.41. The molecule has 0 radical (unpaired) electrons. The fourth-order valence-electron chi connectivity index (χ4n) is 2.67. The van der Waals surface area contributed by atoms with Crippen LogP contribution in [0.15, 0.2) is 53.4 Å². The van der Waals surface area contributed by atoms with E-state index in [1.165, 1.54) is 6.08 Å². The molecule has 0 unspecified atom stereocenters. The normalized spacial score (nSPS) is 14.8. The van der Waals surface area contributed by atoms with Crippen LogP contribution in [0.4, 0.5) is 4.79 Å². The average Bonchev–Trinajstić information content (AvgIpc) is 3.02. The van der Waals surface area contributed by atoms with Crippen molar-refractivity contribution in [3.8, 4) is 0 Å². The molecule has 1 fully saturated rings. The molecule has 1 aliphatic heterocycles. The van der Waals surface area contributed by atoms with E-state index in [0.29, 0.717) is 21.2 Å². The van der Waals surface area contributed by atoms with Crippen molar-refractivity contribution in [1.82, 2.24) is 15.5 Å². The van der Waals surface area contributed by atoms with E-state index < -0.39 is 17.1 Å². The lowest BCUT2D eigenvalue weighted by molar-refractivity contribution is -0.124. The maximum atomic E-state index is 12.5. The van der Waals surface area contributed by atoms with Crippen molar-refractivity contribution in [3.05, 3.63) is 74.6 Å². The second kappa shape index (κ2) is 10.5. The maximum Gasteiger partial charge on any atom is 0.293 e. The van der Waals surface area contributed by atoms with Gasteiger partial charge >= 0.3 is 0 Å². The molecule has 0 bridgehead atoms. The van der Waals surface area contributed by atoms with Crippen molar-refractivity contribution in [2.75, 3.05) is 19.6 Å². The van der Waals surface area contributed by atoms with Gasteiger partial charge in [-0.3, -0.25) is 24.1 Å². The number of hydrogen-bond donors (Lipinski definition) is 2. The Morgan fingerprint density at radius 1 is 1.03 bits per heavy atom. The second-order valence-electron chi connectivity index (χ2n) is 6.40. The SMILES string of the molecule is O=C(CNC(=O)c1ccccc1)NCCN1C(=O)SC(=Cc2ccc(Cl)cc2Cl)C1=O. The van der Waals surface area contributed by atoms with Crippen LogP contribution in [0.3, 0.4) is 0 Å². The van der Waals surface area contributed by atoms with Gasteiger partial charge in [0.1, 0.15) is 0 Å². The fourth-order valence-corrected chi connectivity index (χ4v) is 3.99. The van der Waals surface area contributed by atoms with Gasteiger partial charge in [0.25, 0.3) is 17.1 Å². The Morgan fingerprint density at radius 2 is 1.77 bits per heavy atom. The summed E-state index contributed by atoms with van der Waals surface area (Å²) in [6.07, 6.45) is 1.53. The second-order valence-corrected chi connectivity index (χ2v) is 8.23. The summed E-state index contributed by atoms with van der Waals surface area (Å²) in [7, 11) is 0. The van der Waals surface area contributed by atoms with Gasteiger partial charge in [0.05, 0.1) is 11.4 Å². The number of nitrogens with zero attached hydrogens (tertiary/aromatic N) is 1. The summed E-state index contributed by atoms with van der Waals surface area (Å²) in [5.41, 5.74) is 1.01. The molecule has 160 valence electrons. The molecule has 7 nitrogen and oxygen atoms in total. The van der Waals surface area contributed by atoms with Crippen molar-refractivity contribution in [2.24, 2.45) is 0 Å². The molecule has 2 aromatic carbocycles. The highest BCUT2D eigenvalue weighted by atomic mass is 35.5. The first-order valence-electron chi connectivity index (χ1n) is 9.15. The van der Waals surface area contributed by atoms with Crippen LogP contribution in [0.1, 0.15) is 15.9 Å². The highest BCUT2D eigenvalue weighted by Crippen LogP contribution is 2.33. The smallest absolute Gasteiger partial charge is 0.293 e. The Hall–Kier alpha value is -2.81. The predicted octanol–water partition coefficient (Wildman–Crippen LogP) is 3.58. The number of thioether (sulfide) groups is 1. The summed E-state index contributed by atoms with van der Waals surface area (Å²) < 4.78 is 0. The molecule has 2 aromatic rings. The topological polar surface area (TPSA) is 95.6 Å². The molecule has 0 atom stereocenters. The minimum absolute atomic E-state index is 0.00866. The monoisotopic (exact) mass is 477 g/mol. The zero-order valence-electron chi connectivity index (χ0n) is 16.1. The Kier molecular flexibility index (Phi) is 7.73. The molecule has 2 N–H and O–H groups in total. The highest BCUT2D eigenvalue weighted by molar-refractivity contribution is 8.18. The first-order valence-corrected chi connectivity index (χ1v) is 10.7. The summed E-state index contributed by atoms with van der Waals surface area (Å²) in [5, 5.41) is 5.47. The lowest BCUT2D eigenvalue weighted by Gasteiger charge is -2.13. The minimum atomic E-state index is -0.465. The number of amides is 4. The van der Waals surface area contributed by atoms with Crippen LogP contribution in [0.25, 0.3) is 6.08 Å². The number of hydrogen-bond acceptors (Lipinski definition) is 5. The molecule has 1 aliphatic rings. The first kappa shape index (κ1) is 22.9. The van der Waals surface area contributed by atoms with Crippen molar-refractivity contribution in [1.29, 1.82) is 0 Å². The summed E-state index contributed by atoms with van der Waals surface area (Å²) in [6, 6.07) is 13.3. The molecule has 0 saturated carbocycles. The van der Waals surface area contributed by atoms with Gasteiger partial charge in [-0.25, -0.2) is 0 Å². The van der Waals surface area contributed by atoms with E-state index in [4.69, 9.17) is 23.2 Å². The number of nitrogens with one attached hydrogen (secondary N) is 2. The molecule has 1 saturated heterocycles. The van der Waals surface area contributed by atoms with E-state index in [2.05, 4.69) is 10.6 Å². The van der Waals surface area contributed by atoms with Gasteiger partial charge in [0.2, 0.25) is 5.91 Å². The van der Waals surface area contributed by atoms with E-state index in [1.54, 1.807) is 48.5 Å². The number of carbonyl (C=O) groups excluding carboxylic acids is 4. The number of carbonyl (C=O) groups is 4. The lowest BCUT2D eigenvalue weighted by atomic mass is 10.2. The number of imide groups is 1. The molecule has 0 aromatic heterocycles. The largest absolute Gasteiger partial charge is 0.353 e. The maximum absolute atomic E-state index is 12.5. The minimum Gasteiger partial charge on any atom is -0.353 e. The van der Waals surface area contributed by atoms with E-state index in [0.717, 1.165) is 16.7 Å². The Labute approximate surface area is 192 Å². The van der Waals surface area contributed by atoms with Crippen LogP contribution in [0.5, 0.6) is 0 Å².